The van der Waals surface area contributed by atoms with Gasteiger partial charge in [0.25, 0.3) is 0 Å². The van der Waals surface area contributed by atoms with Gasteiger partial charge in [0.15, 0.2) is 0 Å². The molecule has 74 valence electrons. The van der Waals surface area contributed by atoms with E-state index in [1.54, 1.807) is 6.92 Å². The Labute approximate surface area is 93.3 Å². The second-order valence-electron chi connectivity index (χ2n) is 3.50. The van der Waals surface area contributed by atoms with Gasteiger partial charge in [-0.2, -0.15) is 0 Å². The zero-order chi connectivity index (χ0) is 10.0. The highest BCUT2D eigenvalue weighted by Gasteiger charge is 2.25. The fourth-order valence-electron chi connectivity index (χ4n) is 1.39. The Morgan fingerprint density at radius 1 is 1.54 bits per heavy atom. The van der Waals surface area contributed by atoms with Crippen LogP contribution < -0.4 is 0 Å². The van der Waals surface area contributed by atoms with E-state index in [2.05, 4.69) is 39.5 Å². The number of carbonyl (C=O) groups is 1. The maximum atomic E-state index is 11.6. The Kier molecular flexibility index (Phi) is 3.73. The van der Waals surface area contributed by atoms with Crippen molar-refractivity contribution in [1.82, 2.24) is 8.01 Å². The summed E-state index contributed by atoms with van der Waals surface area (Å²) in [5, 5.41) is 0. The number of piperazine rings is 1. The van der Waals surface area contributed by atoms with Crippen LogP contribution in [0.4, 0.5) is 0 Å². The van der Waals surface area contributed by atoms with E-state index in [-0.39, 0.29) is 5.91 Å². The molecule has 0 aromatic heterocycles. The number of amides is 1. The van der Waals surface area contributed by atoms with Gasteiger partial charge < -0.3 is 4.90 Å². The highest BCUT2D eigenvalue weighted by molar-refractivity contribution is 14.1. The summed E-state index contributed by atoms with van der Waals surface area (Å²) in [4.78, 5) is 13.4. The van der Waals surface area contributed by atoms with E-state index >= 15 is 0 Å². The second-order valence-corrected chi connectivity index (χ2v) is 4.74. The number of hydrogen-bond donors (Lipinski definition) is 0. The molecule has 0 aliphatic carbocycles. The van der Waals surface area contributed by atoms with Crippen LogP contribution in [0.25, 0.3) is 0 Å². The van der Waals surface area contributed by atoms with Gasteiger partial charge in [-0.05, 0) is 13.8 Å². The number of rotatable bonds is 1. The van der Waals surface area contributed by atoms with Crippen LogP contribution in [0.2, 0.25) is 0 Å². The normalized spacial score (nSPS) is 24.5. The minimum absolute atomic E-state index is 0.0938. The van der Waals surface area contributed by atoms with Crippen LogP contribution in [0.1, 0.15) is 13.8 Å². The van der Waals surface area contributed by atoms with Gasteiger partial charge in [-0.15, -0.1) is 0 Å². The van der Waals surface area contributed by atoms with Crippen molar-refractivity contribution in [2.75, 3.05) is 19.6 Å². The molecule has 1 heterocycles. The van der Waals surface area contributed by atoms with Gasteiger partial charge in [-0.3, -0.25) is 4.79 Å². The third-order valence-corrected chi connectivity index (χ3v) is 3.63. The van der Waals surface area contributed by atoms with Gasteiger partial charge in [0, 0.05) is 54.1 Å². The topological polar surface area (TPSA) is 23.6 Å². The van der Waals surface area contributed by atoms with Gasteiger partial charge in [-0.25, -0.2) is 3.11 Å². The Morgan fingerprint density at radius 2 is 2.15 bits per heavy atom. The lowest BCUT2D eigenvalue weighted by atomic mass is 10.2. The van der Waals surface area contributed by atoms with Crippen LogP contribution in [-0.4, -0.2) is 39.6 Å². The molecule has 0 saturated carbocycles. The first-order valence-corrected chi connectivity index (χ1v) is 5.36. The summed E-state index contributed by atoms with van der Waals surface area (Å²) < 4.78 is 2.24. The van der Waals surface area contributed by atoms with E-state index in [4.69, 9.17) is 0 Å². The molecule has 3 nitrogen and oxygen atoms in total. The Morgan fingerprint density at radius 3 is 2.62 bits per heavy atom. The summed E-state index contributed by atoms with van der Waals surface area (Å²) in [7, 11) is 0. The van der Waals surface area contributed by atoms with E-state index in [1.165, 1.54) is 0 Å². The maximum Gasteiger partial charge on any atom is 0.248 e. The van der Waals surface area contributed by atoms with Crippen LogP contribution in [0, 0.1) is 0 Å². The first-order chi connectivity index (χ1) is 6.02. The molecule has 1 atom stereocenters. The van der Waals surface area contributed by atoms with Crippen molar-refractivity contribution in [3.63, 3.8) is 0 Å². The molecule has 13 heavy (non-hydrogen) atoms. The fourth-order valence-corrected chi connectivity index (χ4v) is 1.78. The first-order valence-electron chi connectivity index (χ1n) is 4.39. The van der Waals surface area contributed by atoms with E-state index in [0.717, 1.165) is 19.6 Å². The average Bonchev–Trinajstić information content (AvgIpc) is 2.08. The Balaban J connectivity index is 2.55. The lowest BCUT2D eigenvalue weighted by Crippen LogP contribution is -2.50. The van der Waals surface area contributed by atoms with Gasteiger partial charge >= 0.3 is 0 Å². The standard InChI is InChI=1S/C9H15IN2O/c1-7(2)9(13)11-4-5-12(10)8(3)6-11/h8H,1,4-6H2,2-3H3/t8-/m0/s1. The molecule has 1 aliphatic heterocycles. The summed E-state index contributed by atoms with van der Waals surface area (Å²) in [5.74, 6) is 0.0938. The van der Waals surface area contributed by atoms with E-state index < -0.39 is 0 Å². The molecule has 1 rings (SSSR count). The number of halogens is 1. The molecule has 1 aliphatic rings. The molecule has 0 aromatic carbocycles. The summed E-state index contributed by atoms with van der Waals surface area (Å²) in [6.07, 6.45) is 0. The molecule has 1 amide bonds. The van der Waals surface area contributed by atoms with Crippen LogP contribution in [-0.2, 0) is 4.79 Å². The number of nitrogens with zero attached hydrogens (tertiary/aromatic N) is 2. The van der Waals surface area contributed by atoms with Crippen LogP contribution >= 0.6 is 22.9 Å². The number of hydrogen-bond acceptors (Lipinski definition) is 2. The summed E-state index contributed by atoms with van der Waals surface area (Å²) in [5.41, 5.74) is 0.633. The van der Waals surface area contributed by atoms with Crippen molar-refractivity contribution in [2.45, 2.75) is 19.9 Å². The molecule has 1 fully saturated rings. The van der Waals surface area contributed by atoms with Crippen molar-refractivity contribution in [1.29, 1.82) is 0 Å². The highest BCUT2D eigenvalue weighted by atomic mass is 127. The zero-order valence-corrected chi connectivity index (χ0v) is 10.2. The lowest BCUT2D eigenvalue weighted by molar-refractivity contribution is -0.128. The zero-order valence-electron chi connectivity index (χ0n) is 8.09. The minimum atomic E-state index is 0.0938. The molecule has 0 radical (unpaired) electrons. The van der Waals surface area contributed by atoms with Crippen LogP contribution in [0.3, 0.4) is 0 Å². The monoisotopic (exact) mass is 294 g/mol. The number of carbonyl (C=O) groups excluding carboxylic acids is 1. The Hall–Kier alpha value is -0.100. The molecule has 1 saturated heterocycles. The molecular weight excluding hydrogens is 279 g/mol. The molecule has 0 N–H and O–H groups in total. The third-order valence-electron chi connectivity index (χ3n) is 2.20. The van der Waals surface area contributed by atoms with Gasteiger partial charge in [0.2, 0.25) is 5.91 Å². The van der Waals surface area contributed by atoms with Crippen molar-refractivity contribution in [3.8, 4) is 0 Å². The van der Waals surface area contributed by atoms with Gasteiger partial charge in [0.1, 0.15) is 0 Å². The molecule has 0 aromatic rings. The van der Waals surface area contributed by atoms with E-state index in [0.29, 0.717) is 11.6 Å². The van der Waals surface area contributed by atoms with E-state index in [9.17, 15) is 4.79 Å². The van der Waals surface area contributed by atoms with Crippen molar-refractivity contribution in [3.05, 3.63) is 12.2 Å². The second kappa shape index (κ2) is 4.41. The average molecular weight is 294 g/mol. The summed E-state index contributed by atoms with van der Waals surface area (Å²) in [6, 6.07) is 0.442. The van der Waals surface area contributed by atoms with Crippen LogP contribution in [0.15, 0.2) is 12.2 Å². The Bertz CT molecular complexity index is 230. The molecule has 4 heteroatoms. The van der Waals surface area contributed by atoms with E-state index in [1.807, 2.05) is 4.90 Å². The first kappa shape index (κ1) is 11.0. The van der Waals surface area contributed by atoms with Crippen molar-refractivity contribution in [2.24, 2.45) is 0 Å². The lowest BCUT2D eigenvalue weighted by Gasteiger charge is -2.36. The fraction of sp³-hybridized carbons (Fsp3) is 0.667. The summed E-state index contributed by atoms with van der Waals surface area (Å²) >= 11 is 2.31. The van der Waals surface area contributed by atoms with Crippen molar-refractivity contribution < 1.29 is 4.79 Å². The third kappa shape index (κ3) is 2.67. The molecule has 0 bridgehead atoms. The van der Waals surface area contributed by atoms with Crippen LogP contribution in [0.5, 0.6) is 0 Å². The van der Waals surface area contributed by atoms with Crippen molar-refractivity contribution >= 4 is 28.8 Å². The largest absolute Gasteiger partial charge is 0.336 e. The van der Waals surface area contributed by atoms with Gasteiger partial charge in [0.05, 0.1) is 0 Å². The molecular formula is C9H15IN2O. The predicted octanol–water partition coefficient (Wildman–Crippen LogP) is 1.45. The smallest absolute Gasteiger partial charge is 0.248 e. The summed E-state index contributed by atoms with van der Waals surface area (Å²) in [6.45, 7) is 10.1. The highest BCUT2D eigenvalue weighted by Crippen LogP contribution is 2.14. The van der Waals surface area contributed by atoms with Gasteiger partial charge in [-0.1, -0.05) is 6.58 Å². The maximum absolute atomic E-state index is 11.6. The minimum Gasteiger partial charge on any atom is -0.336 e. The molecule has 0 spiro atoms. The molecule has 0 unspecified atom stereocenters. The quantitative estimate of drug-likeness (QED) is 0.415. The SMILES string of the molecule is C=C(C)C(=O)N1CCN(I)[C@@H](C)C1. The predicted molar refractivity (Wildman–Crippen MR) is 61.6 cm³/mol.